The molecule has 0 spiro atoms. The number of hydrogen-bond acceptors (Lipinski definition) is 4. The van der Waals surface area contributed by atoms with Crippen molar-refractivity contribution >= 4 is 22.9 Å². The molecular formula is C21H24N4O2. The standard InChI is InChI=1S/C21H24N4O2/c1-14(16-11-22-12-16)20(26)24-21-23-18-8-3-4-9-19(18)25(21)13-15-6-5-7-17(10-15)27-2/h3-10,14,16,22H,11-13H2,1-2H3,(H,23,24,26). The van der Waals surface area contributed by atoms with Crippen molar-refractivity contribution < 1.29 is 9.53 Å². The van der Waals surface area contributed by atoms with E-state index in [1.807, 2.05) is 60.0 Å². The van der Waals surface area contributed by atoms with Crippen molar-refractivity contribution in [3.05, 3.63) is 54.1 Å². The van der Waals surface area contributed by atoms with Gasteiger partial charge in [-0.1, -0.05) is 31.2 Å². The molecule has 1 aromatic heterocycles. The van der Waals surface area contributed by atoms with Crippen molar-refractivity contribution in [1.82, 2.24) is 14.9 Å². The zero-order valence-corrected chi connectivity index (χ0v) is 15.6. The number of hydrogen-bond donors (Lipinski definition) is 2. The fourth-order valence-electron chi connectivity index (χ4n) is 3.39. The molecule has 0 radical (unpaired) electrons. The van der Waals surface area contributed by atoms with E-state index in [2.05, 4.69) is 15.6 Å². The highest BCUT2D eigenvalue weighted by molar-refractivity contribution is 5.93. The number of carbonyl (C=O) groups excluding carboxylic acids is 1. The lowest BCUT2D eigenvalue weighted by Crippen LogP contribution is -2.48. The number of carbonyl (C=O) groups is 1. The number of nitrogens with zero attached hydrogens (tertiary/aromatic N) is 2. The van der Waals surface area contributed by atoms with E-state index in [0.717, 1.165) is 35.4 Å². The van der Waals surface area contributed by atoms with Crippen LogP contribution in [-0.4, -0.2) is 35.7 Å². The predicted molar refractivity (Wildman–Crippen MR) is 106 cm³/mol. The number of benzene rings is 2. The van der Waals surface area contributed by atoms with Crippen LogP contribution in [0.15, 0.2) is 48.5 Å². The maximum absolute atomic E-state index is 12.7. The number of aromatic nitrogens is 2. The molecule has 0 bridgehead atoms. The van der Waals surface area contributed by atoms with Gasteiger partial charge in [0.05, 0.1) is 24.7 Å². The van der Waals surface area contributed by atoms with E-state index in [-0.39, 0.29) is 11.8 Å². The molecule has 0 aliphatic carbocycles. The molecule has 4 rings (SSSR count). The minimum absolute atomic E-state index is 0.0173. The van der Waals surface area contributed by atoms with Gasteiger partial charge in [-0.2, -0.15) is 0 Å². The Labute approximate surface area is 158 Å². The number of amides is 1. The van der Waals surface area contributed by atoms with Gasteiger partial charge in [0.15, 0.2) is 0 Å². The van der Waals surface area contributed by atoms with E-state index in [1.165, 1.54) is 0 Å². The highest BCUT2D eigenvalue weighted by Crippen LogP contribution is 2.24. The third-order valence-corrected chi connectivity index (χ3v) is 5.30. The molecule has 6 heteroatoms. The van der Waals surface area contributed by atoms with Crippen LogP contribution < -0.4 is 15.4 Å². The molecule has 27 heavy (non-hydrogen) atoms. The molecule has 1 unspecified atom stereocenters. The molecule has 2 aromatic carbocycles. The van der Waals surface area contributed by atoms with Gasteiger partial charge in [0.1, 0.15) is 5.75 Å². The molecule has 1 saturated heterocycles. The zero-order chi connectivity index (χ0) is 18.8. The quantitative estimate of drug-likeness (QED) is 0.706. The van der Waals surface area contributed by atoms with Crippen LogP contribution in [0.2, 0.25) is 0 Å². The minimum Gasteiger partial charge on any atom is -0.497 e. The summed E-state index contributed by atoms with van der Waals surface area (Å²) in [6.45, 7) is 4.38. The number of rotatable bonds is 6. The summed E-state index contributed by atoms with van der Waals surface area (Å²) in [5.41, 5.74) is 2.95. The Balaban J connectivity index is 1.65. The van der Waals surface area contributed by atoms with Crippen molar-refractivity contribution in [2.45, 2.75) is 13.5 Å². The summed E-state index contributed by atoms with van der Waals surface area (Å²) in [5, 5.41) is 6.28. The van der Waals surface area contributed by atoms with E-state index in [9.17, 15) is 4.79 Å². The summed E-state index contributed by atoms with van der Waals surface area (Å²) >= 11 is 0. The van der Waals surface area contributed by atoms with Crippen molar-refractivity contribution in [3.8, 4) is 5.75 Å². The SMILES string of the molecule is COc1cccc(Cn2c(NC(=O)C(C)C3CNC3)nc3ccccc32)c1. The molecule has 1 amide bonds. The van der Waals surface area contributed by atoms with Gasteiger partial charge in [-0.15, -0.1) is 0 Å². The topological polar surface area (TPSA) is 68.2 Å². The summed E-state index contributed by atoms with van der Waals surface area (Å²) in [5.74, 6) is 1.76. The highest BCUT2D eigenvalue weighted by Gasteiger charge is 2.29. The Morgan fingerprint density at radius 1 is 1.30 bits per heavy atom. The Bertz CT molecular complexity index is 962. The highest BCUT2D eigenvalue weighted by atomic mass is 16.5. The molecule has 1 fully saturated rings. The second-order valence-corrected chi connectivity index (χ2v) is 7.06. The molecule has 2 N–H and O–H groups in total. The monoisotopic (exact) mass is 364 g/mol. The first-order chi connectivity index (χ1) is 13.2. The lowest BCUT2D eigenvalue weighted by atomic mass is 9.88. The van der Waals surface area contributed by atoms with Crippen molar-refractivity contribution in [3.63, 3.8) is 0 Å². The van der Waals surface area contributed by atoms with Gasteiger partial charge in [0, 0.05) is 5.92 Å². The number of fused-ring (bicyclic) bond motifs is 1. The van der Waals surface area contributed by atoms with Crippen molar-refractivity contribution in [2.75, 3.05) is 25.5 Å². The number of nitrogens with one attached hydrogen (secondary N) is 2. The van der Waals surface area contributed by atoms with Gasteiger partial charge in [-0.05, 0) is 48.8 Å². The third-order valence-electron chi connectivity index (χ3n) is 5.30. The van der Waals surface area contributed by atoms with Crippen LogP contribution in [0.1, 0.15) is 12.5 Å². The average Bonchev–Trinajstić information content (AvgIpc) is 2.97. The molecule has 1 aliphatic rings. The fraction of sp³-hybridized carbons (Fsp3) is 0.333. The van der Waals surface area contributed by atoms with Crippen LogP contribution >= 0.6 is 0 Å². The van der Waals surface area contributed by atoms with Crippen LogP contribution in [0, 0.1) is 11.8 Å². The van der Waals surface area contributed by atoms with E-state index >= 15 is 0 Å². The first-order valence-electron chi connectivity index (χ1n) is 9.25. The van der Waals surface area contributed by atoms with Gasteiger partial charge in [-0.25, -0.2) is 4.98 Å². The number of anilines is 1. The second kappa shape index (κ2) is 7.40. The van der Waals surface area contributed by atoms with E-state index in [4.69, 9.17) is 4.74 Å². The lowest BCUT2D eigenvalue weighted by molar-refractivity contribution is -0.121. The minimum atomic E-state index is -0.0451. The number of ether oxygens (including phenoxy) is 1. The third kappa shape index (κ3) is 3.53. The number of para-hydroxylation sites is 2. The van der Waals surface area contributed by atoms with Gasteiger partial charge in [0.2, 0.25) is 11.9 Å². The van der Waals surface area contributed by atoms with Gasteiger partial charge >= 0.3 is 0 Å². The number of methoxy groups -OCH3 is 1. The van der Waals surface area contributed by atoms with Crippen molar-refractivity contribution in [1.29, 1.82) is 0 Å². The lowest BCUT2D eigenvalue weighted by Gasteiger charge is -2.31. The van der Waals surface area contributed by atoms with E-state index in [0.29, 0.717) is 18.4 Å². The molecule has 1 aliphatic heterocycles. The van der Waals surface area contributed by atoms with Crippen LogP contribution in [0.25, 0.3) is 11.0 Å². The molecule has 0 saturated carbocycles. The second-order valence-electron chi connectivity index (χ2n) is 7.06. The summed E-state index contributed by atoms with van der Waals surface area (Å²) in [6.07, 6.45) is 0. The van der Waals surface area contributed by atoms with Crippen molar-refractivity contribution in [2.24, 2.45) is 11.8 Å². The first-order valence-corrected chi connectivity index (χ1v) is 9.25. The van der Waals surface area contributed by atoms with Crippen LogP contribution in [-0.2, 0) is 11.3 Å². The smallest absolute Gasteiger partial charge is 0.229 e. The summed E-state index contributed by atoms with van der Waals surface area (Å²) in [4.78, 5) is 17.4. The van der Waals surface area contributed by atoms with Gasteiger partial charge in [-0.3, -0.25) is 10.1 Å². The Morgan fingerprint density at radius 2 is 2.11 bits per heavy atom. The molecule has 1 atom stereocenters. The first kappa shape index (κ1) is 17.5. The van der Waals surface area contributed by atoms with Crippen LogP contribution in [0.5, 0.6) is 5.75 Å². The van der Waals surface area contributed by atoms with Crippen LogP contribution in [0.3, 0.4) is 0 Å². The Hall–Kier alpha value is -2.86. The zero-order valence-electron chi connectivity index (χ0n) is 15.6. The maximum atomic E-state index is 12.7. The van der Waals surface area contributed by atoms with Gasteiger partial charge in [0.25, 0.3) is 0 Å². The Kier molecular flexibility index (Phi) is 4.81. The summed E-state index contributed by atoms with van der Waals surface area (Å²) in [7, 11) is 1.66. The molecular weight excluding hydrogens is 340 g/mol. The normalized spacial score (nSPS) is 15.3. The fourth-order valence-corrected chi connectivity index (χ4v) is 3.39. The molecule has 2 heterocycles. The summed E-state index contributed by atoms with van der Waals surface area (Å²) in [6, 6.07) is 15.9. The van der Waals surface area contributed by atoms with E-state index < -0.39 is 0 Å². The molecule has 6 nitrogen and oxygen atoms in total. The molecule has 140 valence electrons. The molecule has 3 aromatic rings. The Morgan fingerprint density at radius 3 is 2.85 bits per heavy atom. The average molecular weight is 364 g/mol. The summed E-state index contributed by atoms with van der Waals surface area (Å²) < 4.78 is 7.38. The number of imidazole rings is 1. The van der Waals surface area contributed by atoms with Crippen LogP contribution in [0.4, 0.5) is 5.95 Å². The largest absolute Gasteiger partial charge is 0.497 e. The maximum Gasteiger partial charge on any atom is 0.229 e. The van der Waals surface area contributed by atoms with E-state index in [1.54, 1.807) is 7.11 Å². The predicted octanol–water partition coefficient (Wildman–Crippen LogP) is 2.89. The van der Waals surface area contributed by atoms with Gasteiger partial charge < -0.3 is 14.6 Å².